The number of ether oxygens (including phenoxy) is 1. The van der Waals surface area contributed by atoms with E-state index in [2.05, 4.69) is 27.3 Å². The minimum Gasteiger partial charge on any atom is -0.450 e. The van der Waals surface area contributed by atoms with Crippen molar-refractivity contribution in [2.75, 3.05) is 18.5 Å². The van der Waals surface area contributed by atoms with E-state index in [4.69, 9.17) is 16.3 Å². The third-order valence-corrected chi connectivity index (χ3v) is 4.86. The number of anilines is 1. The number of carbonyl (C=O) groups is 1. The molecule has 7 heteroatoms. The number of amides is 1. The molecule has 1 aromatic carbocycles. The van der Waals surface area contributed by atoms with E-state index in [1.165, 1.54) is 21.8 Å². The van der Waals surface area contributed by atoms with Gasteiger partial charge in [0.1, 0.15) is 0 Å². The second-order valence-corrected chi connectivity index (χ2v) is 6.84. The largest absolute Gasteiger partial charge is 0.450 e. The number of hydrogen-bond acceptors (Lipinski definition) is 5. The molecule has 0 radical (unpaired) electrons. The summed E-state index contributed by atoms with van der Waals surface area (Å²) < 4.78 is 4.88. The maximum absolute atomic E-state index is 11.5. The lowest BCUT2D eigenvalue weighted by Gasteiger charge is -2.25. The number of nitrogens with one attached hydrogen (secondary N) is 1. The third-order valence-electron chi connectivity index (χ3n) is 3.61. The lowest BCUT2D eigenvalue weighted by Crippen LogP contribution is -2.29. The topological polar surface area (TPSA) is 54.5 Å². The first kappa shape index (κ1) is 16.2. The van der Waals surface area contributed by atoms with Gasteiger partial charge < -0.3 is 4.74 Å². The molecule has 0 unspecified atom stereocenters. The molecule has 23 heavy (non-hydrogen) atoms. The van der Waals surface area contributed by atoms with Crippen LogP contribution in [-0.4, -0.2) is 29.1 Å². The molecule has 1 aromatic heterocycles. The van der Waals surface area contributed by atoms with E-state index in [0.29, 0.717) is 11.7 Å². The van der Waals surface area contributed by atoms with Crippen molar-refractivity contribution >= 4 is 34.2 Å². The molecule has 0 spiro atoms. The summed E-state index contributed by atoms with van der Waals surface area (Å²) in [6.07, 6.45) is 0.445. The lowest BCUT2D eigenvalue weighted by atomic mass is 10.1. The molecule has 1 N–H and O–H groups in total. The second kappa shape index (κ2) is 7.29. The van der Waals surface area contributed by atoms with Gasteiger partial charge in [0.15, 0.2) is 5.13 Å². The molecule has 1 aliphatic rings. The Morgan fingerprint density at radius 1 is 1.43 bits per heavy atom. The molecule has 0 bridgehead atoms. The highest BCUT2D eigenvalue weighted by Gasteiger charge is 2.21. The van der Waals surface area contributed by atoms with Gasteiger partial charge in [0, 0.05) is 36.0 Å². The maximum atomic E-state index is 11.5. The van der Waals surface area contributed by atoms with Crippen LogP contribution in [0.1, 0.15) is 23.1 Å². The number of benzene rings is 1. The van der Waals surface area contributed by atoms with Crippen molar-refractivity contribution in [3.63, 3.8) is 0 Å². The number of aromatic nitrogens is 1. The van der Waals surface area contributed by atoms with Crippen LogP contribution in [0.25, 0.3) is 0 Å². The predicted molar refractivity (Wildman–Crippen MR) is 92.0 cm³/mol. The van der Waals surface area contributed by atoms with Crippen LogP contribution < -0.4 is 5.32 Å². The van der Waals surface area contributed by atoms with Crippen LogP contribution in [0.4, 0.5) is 9.93 Å². The molecule has 1 aliphatic heterocycles. The first-order valence-corrected chi connectivity index (χ1v) is 8.72. The minimum atomic E-state index is -0.448. The first-order chi connectivity index (χ1) is 11.1. The number of carbonyl (C=O) groups excluding carboxylic acids is 1. The van der Waals surface area contributed by atoms with Gasteiger partial charge in [-0.05, 0) is 24.6 Å². The summed E-state index contributed by atoms with van der Waals surface area (Å²) in [7, 11) is 0. The van der Waals surface area contributed by atoms with Crippen molar-refractivity contribution in [3.05, 3.63) is 45.4 Å². The summed E-state index contributed by atoms with van der Waals surface area (Å²) in [6.45, 7) is 4.82. The summed E-state index contributed by atoms with van der Waals surface area (Å²) in [4.78, 5) is 19.5. The van der Waals surface area contributed by atoms with Gasteiger partial charge in [-0.2, -0.15) is 0 Å². The Labute approximate surface area is 144 Å². The number of thiazole rings is 1. The molecule has 0 saturated heterocycles. The fourth-order valence-corrected chi connectivity index (χ4v) is 3.70. The van der Waals surface area contributed by atoms with Crippen LogP contribution in [0.3, 0.4) is 0 Å². The minimum absolute atomic E-state index is 0.353. The van der Waals surface area contributed by atoms with Crippen LogP contribution in [0, 0.1) is 0 Å². The van der Waals surface area contributed by atoms with Crippen LogP contribution in [0.15, 0.2) is 24.3 Å². The average molecular weight is 352 g/mol. The lowest BCUT2D eigenvalue weighted by molar-refractivity contribution is 0.168. The van der Waals surface area contributed by atoms with E-state index in [0.717, 1.165) is 36.8 Å². The highest BCUT2D eigenvalue weighted by Crippen LogP contribution is 2.29. The average Bonchev–Trinajstić information content (AvgIpc) is 2.91. The zero-order valence-corrected chi connectivity index (χ0v) is 14.4. The summed E-state index contributed by atoms with van der Waals surface area (Å²) in [5.41, 5.74) is 2.32. The Balaban J connectivity index is 1.62. The van der Waals surface area contributed by atoms with Crippen LogP contribution >= 0.6 is 22.9 Å². The van der Waals surface area contributed by atoms with Gasteiger partial charge >= 0.3 is 6.09 Å². The van der Waals surface area contributed by atoms with E-state index in [9.17, 15) is 4.79 Å². The fourth-order valence-electron chi connectivity index (χ4n) is 2.54. The summed E-state index contributed by atoms with van der Waals surface area (Å²) in [6, 6.07) is 7.94. The quantitative estimate of drug-likeness (QED) is 0.907. The standard InChI is InChI=1S/C16H18ClN3O2S/c1-2-22-16(21)19-15-18-13-7-8-20(10-14(13)23-15)9-11-3-5-12(17)6-4-11/h3-6H,2,7-10H2,1H3,(H,18,19,21). The van der Waals surface area contributed by atoms with Gasteiger partial charge in [-0.25, -0.2) is 9.78 Å². The molecule has 0 fully saturated rings. The van der Waals surface area contributed by atoms with Gasteiger partial charge in [0.05, 0.1) is 12.3 Å². The SMILES string of the molecule is CCOC(=O)Nc1nc2c(s1)CN(Cc1ccc(Cl)cc1)CC2. The molecular formula is C16H18ClN3O2S. The Morgan fingerprint density at radius 3 is 2.96 bits per heavy atom. The van der Waals surface area contributed by atoms with Crippen LogP contribution in [0.5, 0.6) is 0 Å². The number of hydrogen-bond donors (Lipinski definition) is 1. The third kappa shape index (κ3) is 4.22. The molecule has 5 nitrogen and oxygen atoms in total. The van der Waals surface area contributed by atoms with Crippen LogP contribution in [-0.2, 0) is 24.2 Å². The zero-order chi connectivity index (χ0) is 16.2. The molecule has 3 rings (SSSR count). The summed E-state index contributed by atoms with van der Waals surface area (Å²) in [5.74, 6) is 0. The summed E-state index contributed by atoms with van der Waals surface area (Å²) >= 11 is 7.44. The maximum Gasteiger partial charge on any atom is 0.413 e. The van der Waals surface area contributed by atoms with E-state index in [1.54, 1.807) is 6.92 Å². The molecule has 0 aliphatic carbocycles. The number of halogens is 1. The number of nitrogens with zero attached hydrogens (tertiary/aromatic N) is 2. The van der Waals surface area contributed by atoms with Crippen molar-refractivity contribution in [2.45, 2.75) is 26.4 Å². The van der Waals surface area contributed by atoms with E-state index < -0.39 is 6.09 Å². The van der Waals surface area contributed by atoms with Gasteiger partial charge in [0.2, 0.25) is 0 Å². The second-order valence-electron chi connectivity index (χ2n) is 5.32. The number of rotatable bonds is 4. The predicted octanol–water partition coefficient (Wildman–Crippen LogP) is 3.92. The highest BCUT2D eigenvalue weighted by molar-refractivity contribution is 7.15. The van der Waals surface area contributed by atoms with Crippen LogP contribution in [0.2, 0.25) is 5.02 Å². The smallest absolute Gasteiger partial charge is 0.413 e. The van der Waals surface area contributed by atoms with Crippen molar-refractivity contribution in [3.8, 4) is 0 Å². The Hall–Kier alpha value is -1.63. The molecular weight excluding hydrogens is 334 g/mol. The normalized spacial score (nSPS) is 14.3. The van der Waals surface area contributed by atoms with Crippen molar-refractivity contribution in [1.82, 2.24) is 9.88 Å². The molecule has 2 aromatic rings. The molecule has 2 heterocycles. The van der Waals surface area contributed by atoms with E-state index in [1.807, 2.05) is 12.1 Å². The molecule has 1 amide bonds. The Kier molecular flexibility index (Phi) is 5.15. The molecule has 0 saturated carbocycles. The first-order valence-electron chi connectivity index (χ1n) is 7.53. The van der Waals surface area contributed by atoms with Crippen molar-refractivity contribution in [2.24, 2.45) is 0 Å². The van der Waals surface area contributed by atoms with E-state index >= 15 is 0 Å². The molecule has 0 atom stereocenters. The fraction of sp³-hybridized carbons (Fsp3) is 0.375. The zero-order valence-electron chi connectivity index (χ0n) is 12.8. The molecule has 122 valence electrons. The van der Waals surface area contributed by atoms with Gasteiger partial charge in [-0.3, -0.25) is 10.2 Å². The highest BCUT2D eigenvalue weighted by atomic mass is 35.5. The van der Waals surface area contributed by atoms with Gasteiger partial charge in [-0.1, -0.05) is 35.1 Å². The Bertz CT molecular complexity index is 687. The monoisotopic (exact) mass is 351 g/mol. The van der Waals surface area contributed by atoms with Crippen molar-refractivity contribution in [1.29, 1.82) is 0 Å². The Morgan fingerprint density at radius 2 is 2.22 bits per heavy atom. The number of fused-ring (bicyclic) bond motifs is 1. The van der Waals surface area contributed by atoms with E-state index in [-0.39, 0.29) is 0 Å². The van der Waals surface area contributed by atoms with Gasteiger partial charge in [0.25, 0.3) is 0 Å². The van der Waals surface area contributed by atoms with Crippen molar-refractivity contribution < 1.29 is 9.53 Å². The van der Waals surface area contributed by atoms with Gasteiger partial charge in [-0.15, -0.1) is 0 Å². The summed E-state index contributed by atoms with van der Waals surface area (Å²) in [5, 5.41) is 4.05.